The Balaban J connectivity index is 3.46. The summed E-state index contributed by atoms with van der Waals surface area (Å²) in [6.45, 7) is 1.83. The van der Waals surface area contributed by atoms with Crippen LogP contribution in [0.3, 0.4) is 0 Å². The van der Waals surface area contributed by atoms with Crippen molar-refractivity contribution in [3.63, 3.8) is 0 Å². The van der Waals surface area contributed by atoms with Crippen LogP contribution in [0.4, 0.5) is 0 Å². The lowest BCUT2D eigenvalue weighted by Gasteiger charge is -2.10. The van der Waals surface area contributed by atoms with Crippen molar-refractivity contribution < 1.29 is 0 Å². The van der Waals surface area contributed by atoms with E-state index >= 15 is 0 Å². The molecule has 11 heavy (non-hydrogen) atoms. The molecule has 3 N–H and O–H groups in total. The fraction of sp³-hybridized carbons (Fsp3) is 0.750. The molecule has 2 nitrogen and oxygen atoms in total. The normalized spacial score (nSPS) is 11.9. The highest BCUT2D eigenvalue weighted by Gasteiger charge is 2.02. The minimum absolute atomic E-state index is 0.293. The van der Waals surface area contributed by atoms with E-state index in [1.165, 1.54) is 0 Å². The molecule has 0 aliphatic heterocycles. The molecule has 0 aromatic carbocycles. The number of nitrogens with two attached hydrogens (primary N) is 1. The first kappa shape index (κ1) is 10.8. The third-order valence-electron chi connectivity index (χ3n) is 1.45. The van der Waals surface area contributed by atoms with Crippen LogP contribution in [0.25, 0.3) is 0 Å². The zero-order valence-corrected chi connectivity index (χ0v) is 7.62. The molecule has 0 aliphatic carbocycles. The maximum absolute atomic E-state index is 5.53. The summed E-state index contributed by atoms with van der Waals surface area (Å²) in [7, 11) is 0. The number of alkyl halides is 1. The predicted molar refractivity (Wildman–Crippen MR) is 49.1 cm³/mol. The van der Waals surface area contributed by atoms with Crippen molar-refractivity contribution in [1.29, 1.82) is 0 Å². The van der Waals surface area contributed by atoms with Gasteiger partial charge in [-0.15, -0.1) is 23.4 Å². The average molecular weight is 175 g/mol. The minimum Gasteiger partial charge on any atom is -0.271 e. The van der Waals surface area contributed by atoms with Crippen LogP contribution in [-0.4, -0.2) is 11.9 Å². The van der Waals surface area contributed by atoms with Gasteiger partial charge in [-0.3, -0.25) is 11.3 Å². The minimum atomic E-state index is 0.293. The molecule has 0 saturated carbocycles. The van der Waals surface area contributed by atoms with Crippen LogP contribution < -0.4 is 11.3 Å². The molecule has 1 unspecified atom stereocenters. The van der Waals surface area contributed by atoms with Gasteiger partial charge in [-0.2, -0.15) is 0 Å². The molecule has 1 atom stereocenters. The fourth-order valence-corrected chi connectivity index (χ4v) is 0.947. The number of hydrogen-bond acceptors (Lipinski definition) is 2. The number of halogens is 1. The van der Waals surface area contributed by atoms with Gasteiger partial charge in [-0.1, -0.05) is 0 Å². The van der Waals surface area contributed by atoms with Gasteiger partial charge in [-0.25, -0.2) is 0 Å². The van der Waals surface area contributed by atoms with Crippen LogP contribution in [0, 0.1) is 11.8 Å². The van der Waals surface area contributed by atoms with Crippen molar-refractivity contribution in [2.24, 2.45) is 5.84 Å². The summed E-state index contributed by atoms with van der Waals surface area (Å²) in [5.74, 6) is 11.8. The van der Waals surface area contributed by atoms with Gasteiger partial charge >= 0.3 is 0 Å². The van der Waals surface area contributed by atoms with Crippen LogP contribution in [-0.2, 0) is 0 Å². The fourth-order valence-electron chi connectivity index (χ4n) is 0.793. The van der Waals surface area contributed by atoms with Crippen LogP contribution >= 0.6 is 11.6 Å². The Bertz CT molecular complexity index is 137. The van der Waals surface area contributed by atoms with E-state index in [0.29, 0.717) is 11.9 Å². The molecular formula is C8H15ClN2. The van der Waals surface area contributed by atoms with Crippen LogP contribution in [0.2, 0.25) is 0 Å². The van der Waals surface area contributed by atoms with Gasteiger partial charge in [0.05, 0.1) is 0 Å². The Morgan fingerprint density at radius 3 is 2.82 bits per heavy atom. The molecule has 0 saturated heterocycles. The van der Waals surface area contributed by atoms with Gasteiger partial charge in [0.2, 0.25) is 0 Å². The van der Waals surface area contributed by atoms with Gasteiger partial charge in [-0.05, 0) is 19.8 Å². The van der Waals surface area contributed by atoms with Crippen molar-refractivity contribution in [3.05, 3.63) is 0 Å². The van der Waals surface area contributed by atoms with Crippen molar-refractivity contribution in [2.45, 2.75) is 32.2 Å². The summed E-state index contributed by atoms with van der Waals surface area (Å²) in [6.07, 6.45) is 2.79. The molecule has 0 bridgehead atoms. The van der Waals surface area contributed by atoms with Gasteiger partial charge in [0.1, 0.15) is 0 Å². The van der Waals surface area contributed by atoms with Crippen molar-refractivity contribution in [3.8, 4) is 11.8 Å². The third-order valence-corrected chi connectivity index (χ3v) is 1.71. The second kappa shape index (κ2) is 7.87. The lowest BCUT2D eigenvalue weighted by atomic mass is 10.1. The van der Waals surface area contributed by atoms with Crippen LogP contribution in [0.1, 0.15) is 26.2 Å². The van der Waals surface area contributed by atoms with Crippen LogP contribution in [0.15, 0.2) is 0 Å². The Labute approximate surface area is 73.5 Å². The zero-order chi connectivity index (χ0) is 8.53. The summed E-state index contributed by atoms with van der Waals surface area (Å²) in [5, 5.41) is 0. The van der Waals surface area contributed by atoms with Crippen LogP contribution in [0.5, 0.6) is 0 Å². The van der Waals surface area contributed by atoms with Crippen molar-refractivity contribution in [2.75, 3.05) is 5.88 Å². The van der Waals surface area contributed by atoms with Crippen molar-refractivity contribution in [1.82, 2.24) is 5.43 Å². The second-order valence-electron chi connectivity index (χ2n) is 2.33. The van der Waals surface area contributed by atoms with Gasteiger partial charge in [0, 0.05) is 18.3 Å². The first-order chi connectivity index (χ1) is 5.35. The summed E-state index contributed by atoms with van der Waals surface area (Å²) in [5.41, 5.74) is 2.71. The van der Waals surface area contributed by atoms with E-state index in [-0.39, 0.29) is 0 Å². The summed E-state index contributed by atoms with van der Waals surface area (Å²) in [4.78, 5) is 0. The molecule has 0 heterocycles. The van der Waals surface area contributed by atoms with E-state index in [2.05, 4.69) is 17.3 Å². The molecule has 0 radical (unpaired) electrons. The number of rotatable bonds is 5. The van der Waals surface area contributed by atoms with E-state index in [4.69, 9.17) is 17.4 Å². The highest BCUT2D eigenvalue weighted by Crippen LogP contribution is 2.00. The Morgan fingerprint density at radius 1 is 1.64 bits per heavy atom. The van der Waals surface area contributed by atoms with Gasteiger partial charge < -0.3 is 0 Å². The molecule has 0 spiro atoms. The smallest absolute Gasteiger partial charge is 0.0320 e. The molecule has 0 aromatic rings. The average Bonchev–Trinajstić information content (AvgIpc) is 2.05. The predicted octanol–water partition coefficient (Wildman–Crippen LogP) is 1.25. The Morgan fingerprint density at radius 2 is 2.36 bits per heavy atom. The Kier molecular flexibility index (Phi) is 7.71. The summed E-state index contributed by atoms with van der Waals surface area (Å²) < 4.78 is 0. The SMILES string of the molecule is CC#CCC(CCCCl)NN. The number of hydrazine groups is 1. The topological polar surface area (TPSA) is 38.0 Å². The first-order valence-corrected chi connectivity index (χ1v) is 4.30. The summed E-state index contributed by atoms with van der Waals surface area (Å²) >= 11 is 5.53. The molecule has 0 aromatic heterocycles. The third kappa shape index (κ3) is 6.18. The quantitative estimate of drug-likeness (QED) is 0.285. The number of hydrogen-bond donors (Lipinski definition) is 2. The molecule has 64 valence electrons. The highest BCUT2D eigenvalue weighted by molar-refractivity contribution is 6.17. The molecule has 0 aliphatic rings. The van der Waals surface area contributed by atoms with Gasteiger partial charge in [0.15, 0.2) is 0 Å². The van der Waals surface area contributed by atoms with E-state index in [9.17, 15) is 0 Å². The lowest BCUT2D eigenvalue weighted by Crippen LogP contribution is -2.34. The first-order valence-electron chi connectivity index (χ1n) is 3.76. The molecular weight excluding hydrogens is 160 g/mol. The largest absolute Gasteiger partial charge is 0.271 e. The maximum atomic E-state index is 5.53. The summed E-state index contributed by atoms with van der Waals surface area (Å²) in [6, 6.07) is 0.293. The van der Waals surface area contributed by atoms with E-state index in [0.717, 1.165) is 19.3 Å². The monoisotopic (exact) mass is 174 g/mol. The van der Waals surface area contributed by atoms with E-state index in [1.807, 2.05) is 6.92 Å². The van der Waals surface area contributed by atoms with Gasteiger partial charge in [0.25, 0.3) is 0 Å². The molecule has 0 rings (SSSR count). The Hall–Kier alpha value is -0.230. The molecule has 3 heteroatoms. The highest BCUT2D eigenvalue weighted by atomic mass is 35.5. The molecule has 0 fully saturated rings. The lowest BCUT2D eigenvalue weighted by molar-refractivity contribution is 0.499. The standard InChI is InChI=1S/C8H15ClN2/c1-2-3-5-8(11-10)6-4-7-9/h8,11H,4-7,10H2,1H3. The molecule has 0 amide bonds. The van der Waals surface area contributed by atoms with Crippen molar-refractivity contribution >= 4 is 11.6 Å². The second-order valence-corrected chi connectivity index (χ2v) is 2.70. The number of nitrogens with one attached hydrogen (secondary N) is 1. The van der Waals surface area contributed by atoms with E-state index in [1.54, 1.807) is 0 Å². The van der Waals surface area contributed by atoms with E-state index < -0.39 is 0 Å². The maximum Gasteiger partial charge on any atom is 0.0320 e. The zero-order valence-electron chi connectivity index (χ0n) is 6.86.